The van der Waals surface area contributed by atoms with Gasteiger partial charge in [0.25, 0.3) is 5.91 Å². The van der Waals surface area contributed by atoms with Crippen LogP contribution in [0.25, 0.3) is 0 Å². The van der Waals surface area contributed by atoms with Crippen molar-refractivity contribution in [2.24, 2.45) is 0 Å². The number of anilines is 2. The molecule has 0 radical (unpaired) electrons. The molecule has 1 fully saturated rings. The number of hydrogen-bond acceptors (Lipinski definition) is 4. The molecule has 4 N–H and O–H groups in total. The molecular weight excluding hydrogens is 254 g/mol. The maximum absolute atomic E-state index is 11.8. The fraction of sp³-hybridized carbons (Fsp3) is 0.533. The first-order chi connectivity index (χ1) is 9.61. The van der Waals surface area contributed by atoms with Crippen LogP contribution in [0.15, 0.2) is 18.2 Å². The number of benzene rings is 1. The van der Waals surface area contributed by atoms with Gasteiger partial charge in [0.15, 0.2) is 0 Å². The van der Waals surface area contributed by atoms with Crippen LogP contribution in [0.4, 0.5) is 11.4 Å². The Balaban J connectivity index is 2.09. The molecule has 0 aromatic heterocycles. The smallest absolute Gasteiger partial charge is 0.251 e. The molecule has 5 heteroatoms. The van der Waals surface area contributed by atoms with Crippen molar-refractivity contribution in [1.82, 2.24) is 5.32 Å². The average Bonchev–Trinajstić information content (AvgIpc) is 2.95. The van der Waals surface area contributed by atoms with Gasteiger partial charge < -0.3 is 21.1 Å². The van der Waals surface area contributed by atoms with Crippen LogP contribution in [0, 0.1) is 0 Å². The highest BCUT2D eigenvalue weighted by molar-refractivity contribution is 5.96. The van der Waals surface area contributed by atoms with E-state index in [-0.39, 0.29) is 18.1 Å². The third-order valence-electron chi connectivity index (χ3n) is 3.56. The lowest BCUT2D eigenvalue weighted by molar-refractivity contribution is 0.0956. The van der Waals surface area contributed by atoms with Crippen molar-refractivity contribution < 1.29 is 9.53 Å². The van der Waals surface area contributed by atoms with E-state index in [4.69, 9.17) is 10.5 Å². The summed E-state index contributed by atoms with van der Waals surface area (Å²) in [6.07, 6.45) is 2.37. The lowest BCUT2D eigenvalue weighted by Gasteiger charge is -2.22. The van der Waals surface area contributed by atoms with Gasteiger partial charge in [0, 0.05) is 24.8 Å². The fourth-order valence-electron chi connectivity index (χ4n) is 2.42. The summed E-state index contributed by atoms with van der Waals surface area (Å²) in [7, 11) is 0. The lowest BCUT2D eigenvalue weighted by atomic mass is 10.1. The van der Waals surface area contributed by atoms with Crippen molar-refractivity contribution in [2.45, 2.75) is 38.8 Å². The summed E-state index contributed by atoms with van der Waals surface area (Å²) in [5, 5.41) is 6.14. The summed E-state index contributed by atoms with van der Waals surface area (Å²) < 4.78 is 5.66. The Hall–Kier alpha value is -1.75. The maximum atomic E-state index is 11.8. The van der Waals surface area contributed by atoms with Gasteiger partial charge in [-0.1, -0.05) is 0 Å². The van der Waals surface area contributed by atoms with E-state index in [0.717, 1.165) is 25.1 Å². The Morgan fingerprint density at radius 2 is 2.35 bits per heavy atom. The molecule has 1 aromatic rings. The third kappa shape index (κ3) is 3.42. The van der Waals surface area contributed by atoms with E-state index >= 15 is 0 Å². The third-order valence-corrected chi connectivity index (χ3v) is 3.56. The number of carbonyl (C=O) groups is 1. The average molecular weight is 277 g/mol. The van der Waals surface area contributed by atoms with E-state index in [1.165, 1.54) is 0 Å². The van der Waals surface area contributed by atoms with Crippen molar-refractivity contribution in [3.8, 4) is 0 Å². The molecule has 20 heavy (non-hydrogen) atoms. The zero-order valence-electron chi connectivity index (χ0n) is 12.1. The minimum Gasteiger partial charge on any atom is -0.397 e. The van der Waals surface area contributed by atoms with Crippen LogP contribution in [0.1, 0.15) is 37.0 Å². The Kier molecular flexibility index (Phi) is 4.84. The molecule has 0 bridgehead atoms. The quantitative estimate of drug-likeness (QED) is 0.719. The monoisotopic (exact) mass is 277 g/mol. The molecule has 1 saturated heterocycles. The number of ether oxygens (including phenoxy) is 1. The van der Waals surface area contributed by atoms with Gasteiger partial charge in [-0.2, -0.15) is 0 Å². The van der Waals surface area contributed by atoms with Gasteiger partial charge in [0.05, 0.1) is 17.5 Å². The summed E-state index contributed by atoms with van der Waals surface area (Å²) >= 11 is 0. The molecule has 1 aliphatic rings. The van der Waals surface area contributed by atoms with E-state index in [2.05, 4.69) is 17.6 Å². The highest BCUT2D eigenvalue weighted by atomic mass is 16.5. The minimum atomic E-state index is -0.0830. The van der Waals surface area contributed by atoms with Crippen LogP contribution in [0.3, 0.4) is 0 Å². The number of hydrogen-bond donors (Lipinski definition) is 3. The second-order valence-electron chi connectivity index (χ2n) is 5.15. The first-order valence-electron chi connectivity index (χ1n) is 7.17. The topological polar surface area (TPSA) is 76.4 Å². The van der Waals surface area contributed by atoms with Gasteiger partial charge in [-0.25, -0.2) is 0 Å². The second kappa shape index (κ2) is 6.61. The summed E-state index contributed by atoms with van der Waals surface area (Å²) in [5.74, 6) is -0.0830. The van der Waals surface area contributed by atoms with E-state index in [0.29, 0.717) is 17.8 Å². The van der Waals surface area contributed by atoms with E-state index in [1.54, 1.807) is 18.2 Å². The molecule has 5 nitrogen and oxygen atoms in total. The number of amides is 1. The van der Waals surface area contributed by atoms with Gasteiger partial charge >= 0.3 is 0 Å². The van der Waals surface area contributed by atoms with Crippen LogP contribution < -0.4 is 16.4 Å². The van der Waals surface area contributed by atoms with Crippen molar-refractivity contribution >= 4 is 17.3 Å². The lowest BCUT2D eigenvalue weighted by Crippen LogP contribution is -2.30. The fourth-order valence-corrected chi connectivity index (χ4v) is 2.42. The molecule has 2 unspecified atom stereocenters. The van der Waals surface area contributed by atoms with Gasteiger partial charge in [0.1, 0.15) is 0 Å². The minimum absolute atomic E-state index is 0.0830. The summed E-state index contributed by atoms with van der Waals surface area (Å²) in [4.78, 5) is 11.8. The zero-order valence-corrected chi connectivity index (χ0v) is 12.1. The van der Waals surface area contributed by atoms with Gasteiger partial charge in [-0.05, 0) is 44.9 Å². The predicted molar refractivity (Wildman–Crippen MR) is 80.9 cm³/mol. The summed E-state index contributed by atoms with van der Waals surface area (Å²) in [6, 6.07) is 5.47. The van der Waals surface area contributed by atoms with Crippen LogP contribution in [-0.4, -0.2) is 31.2 Å². The highest BCUT2D eigenvalue weighted by Gasteiger charge is 2.22. The Labute approximate surface area is 119 Å². The van der Waals surface area contributed by atoms with E-state index < -0.39 is 0 Å². The molecular formula is C15H23N3O2. The number of nitrogens with two attached hydrogens (primary N) is 1. The van der Waals surface area contributed by atoms with Crippen LogP contribution in [0.5, 0.6) is 0 Å². The molecule has 0 spiro atoms. The standard InChI is InChI=1S/C15H23N3O2/c1-3-17-15(19)11-6-7-12(16)13(9-11)18-10(2)14-5-4-8-20-14/h6-7,9-10,14,18H,3-5,8,16H2,1-2H3,(H,17,19). The number of rotatable bonds is 5. The Morgan fingerprint density at radius 3 is 3.00 bits per heavy atom. The molecule has 1 aromatic carbocycles. The maximum Gasteiger partial charge on any atom is 0.251 e. The molecule has 0 saturated carbocycles. The van der Waals surface area contributed by atoms with Crippen molar-refractivity contribution in [1.29, 1.82) is 0 Å². The van der Waals surface area contributed by atoms with Crippen molar-refractivity contribution in [3.05, 3.63) is 23.8 Å². The predicted octanol–water partition coefficient (Wildman–Crippen LogP) is 2.00. The molecule has 1 aliphatic heterocycles. The van der Waals surface area contributed by atoms with Crippen LogP contribution >= 0.6 is 0 Å². The van der Waals surface area contributed by atoms with Crippen LogP contribution in [-0.2, 0) is 4.74 Å². The Bertz CT molecular complexity index is 470. The number of carbonyl (C=O) groups excluding carboxylic acids is 1. The van der Waals surface area contributed by atoms with Gasteiger partial charge in [0.2, 0.25) is 0 Å². The SMILES string of the molecule is CCNC(=O)c1ccc(N)c(NC(C)C2CCCO2)c1. The first kappa shape index (κ1) is 14.7. The number of nitrogens with one attached hydrogen (secondary N) is 2. The van der Waals surface area contributed by atoms with E-state index in [1.807, 2.05) is 6.92 Å². The van der Waals surface area contributed by atoms with Crippen molar-refractivity contribution in [2.75, 3.05) is 24.2 Å². The molecule has 2 atom stereocenters. The van der Waals surface area contributed by atoms with Gasteiger partial charge in [-0.15, -0.1) is 0 Å². The molecule has 2 rings (SSSR count). The second-order valence-corrected chi connectivity index (χ2v) is 5.15. The van der Waals surface area contributed by atoms with Gasteiger partial charge in [-0.3, -0.25) is 4.79 Å². The zero-order chi connectivity index (χ0) is 14.5. The van der Waals surface area contributed by atoms with Crippen molar-refractivity contribution in [3.63, 3.8) is 0 Å². The summed E-state index contributed by atoms with van der Waals surface area (Å²) in [5.41, 5.74) is 8.02. The number of nitrogen functional groups attached to an aromatic ring is 1. The normalized spacial score (nSPS) is 19.6. The first-order valence-corrected chi connectivity index (χ1v) is 7.17. The molecule has 1 amide bonds. The van der Waals surface area contributed by atoms with Crippen LogP contribution in [0.2, 0.25) is 0 Å². The van der Waals surface area contributed by atoms with E-state index in [9.17, 15) is 4.79 Å². The molecule has 0 aliphatic carbocycles. The largest absolute Gasteiger partial charge is 0.397 e. The Morgan fingerprint density at radius 1 is 1.55 bits per heavy atom. The molecule has 110 valence electrons. The summed E-state index contributed by atoms with van der Waals surface area (Å²) in [6.45, 7) is 5.41. The molecule has 1 heterocycles. The highest BCUT2D eigenvalue weighted by Crippen LogP contribution is 2.24.